The van der Waals surface area contributed by atoms with Gasteiger partial charge in [-0.25, -0.2) is 4.98 Å². The first-order chi connectivity index (χ1) is 7.69. The highest BCUT2D eigenvalue weighted by molar-refractivity contribution is 7.99. The second-order valence-corrected chi connectivity index (χ2v) is 4.38. The highest BCUT2D eigenvalue weighted by atomic mass is 32.2. The normalized spacial score (nSPS) is 10.4. The van der Waals surface area contributed by atoms with Gasteiger partial charge in [-0.15, -0.1) is 0 Å². The van der Waals surface area contributed by atoms with Crippen LogP contribution in [0.4, 0.5) is 5.82 Å². The minimum atomic E-state index is 0.602. The summed E-state index contributed by atoms with van der Waals surface area (Å²) in [5.74, 6) is 2.25. The van der Waals surface area contributed by atoms with Crippen LogP contribution < -0.4 is 10.5 Å². The summed E-state index contributed by atoms with van der Waals surface area (Å²) in [6.07, 6.45) is 0. The second kappa shape index (κ2) is 4.49. The van der Waals surface area contributed by atoms with E-state index in [1.807, 2.05) is 31.2 Å². The molecular formula is C11H13N3OS. The Balaban J connectivity index is 2.23. The highest BCUT2D eigenvalue weighted by Gasteiger charge is 2.07. The molecule has 0 saturated carbocycles. The van der Waals surface area contributed by atoms with Gasteiger partial charge in [0.1, 0.15) is 22.4 Å². The SMILES string of the molecule is COc1cccc(Sc2nc(C)[nH]c2N)c1. The Bertz CT molecular complexity index is 496. The van der Waals surface area contributed by atoms with Crippen molar-refractivity contribution in [2.75, 3.05) is 12.8 Å². The van der Waals surface area contributed by atoms with Crippen LogP contribution in [0.1, 0.15) is 5.82 Å². The summed E-state index contributed by atoms with van der Waals surface area (Å²) in [5, 5.41) is 0.797. The Labute approximate surface area is 98.2 Å². The van der Waals surface area contributed by atoms with E-state index in [2.05, 4.69) is 9.97 Å². The number of hydrogen-bond donors (Lipinski definition) is 2. The monoisotopic (exact) mass is 235 g/mol. The number of aryl methyl sites for hydroxylation is 1. The van der Waals surface area contributed by atoms with Crippen molar-refractivity contribution < 1.29 is 4.74 Å². The first kappa shape index (κ1) is 10.9. The third-order valence-corrected chi connectivity index (χ3v) is 3.07. The molecule has 0 radical (unpaired) electrons. The van der Waals surface area contributed by atoms with E-state index in [0.29, 0.717) is 5.82 Å². The molecule has 16 heavy (non-hydrogen) atoms. The number of nitrogens with zero attached hydrogens (tertiary/aromatic N) is 1. The molecule has 1 aromatic carbocycles. The van der Waals surface area contributed by atoms with E-state index in [9.17, 15) is 0 Å². The number of aromatic nitrogens is 2. The maximum Gasteiger partial charge on any atom is 0.143 e. The number of H-pyrrole nitrogens is 1. The van der Waals surface area contributed by atoms with Gasteiger partial charge in [0.15, 0.2) is 0 Å². The van der Waals surface area contributed by atoms with Crippen LogP contribution in [0, 0.1) is 6.92 Å². The average molecular weight is 235 g/mol. The molecule has 1 aromatic heterocycles. The molecule has 0 amide bonds. The predicted molar refractivity (Wildman–Crippen MR) is 64.9 cm³/mol. The van der Waals surface area contributed by atoms with Gasteiger partial charge < -0.3 is 15.5 Å². The van der Waals surface area contributed by atoms with Crippen molar-refractivity contribution in [3.63, 3.8) is 0 Å². The number of hydrogen-bond acceptors (Lipinski definition) is 4. The van der Waals surface area contributed by atoms with E-state index >= 15 is 0 Å². The van der Waals surface area contributed by atoms with Crippen molar-refractivity contribution >= 4 is 17.6 Å². The molecule has 3 N–H and O–H groups in total. The van der Waals surface area contributed by atoms with Crippen molar-refractivity contribution in [2.24, 2.45) is 0 Å². The molecule has 1 heterocycles. The zero-order valence-corrected chi connectivity index (χ0v) is 9.97. The standard InChI is InChI=1S/C11H13N3OS/c1-7-13-10(12)11(14-7)16-9-5-3-4-8(6-9)15-2/h3-6H,12H2,1-2H3,(H,13,14). The molecule has 0 fully saturated rings. The number of aromatic amines is 1. The molecule has 2 rings (SSSR count). The Morgan fingerprint density at radius 2 is 2.25 bits per heavy atom. The number of imidazole rings is 1. The Morgan fingerprint density at radius 1 is 1.44 bits per heavy atom. The van der Waals surface area contributed by atoms with E-state index < -0.39 is 0 Å². The van der Waals surface area contributed by atoms with Gasteiger partial charge in [0.2, 0.25) is 0 Å². The third kappa shape index (κ3) is 2.30. The molecule has 0 atom stereocenters. The van der Waals surface area contributed by atoms with Gasteiger partial charge in [-0.2, -0.15) is 0 Å². The van der Waals surface area contributed by atoms with Crippen molar-refractivity contribution in [3.8, 4) is 5.75 Å². The van der Waals surface area contributed by atoms with Gasteiger partial charge in [-0.05, 0) is 25.1 Å². The molecule has 4 nitrogen and oxygen atoms in total. The molecule has 0 aliphatic rings. The van der Waals surface area contributed by atoms with Crippen LogP contribution in [0.2, 0.25) is 0 Å². The van der Waals surface area contributed by atoms with Crippen molar-refractivity contribution in [2.45, 2.75) is 16.8 Å². The highest BCUT2D eigenvalue weighted by Crippen LogP contribution is 2.31. The van der Waals surface area contributed by atoms with E-state index in [-0.39, 0.29) is 0 Å². The fourth-order valence-corrected chi connectivity index (χ4v) is 2.23. The van der Waals surface area contributed by atoms with Gasteiger partial charge in [0.25, 0.3) is 0 Å². The minimum absolute atomic E-state index is 0.602. The molecular weight excluding hydrogens is 222 g/mol. The zero-order valence-electron chi connectivity index (χ0n) is 9.15. The minimum Gasteiger partial charge on any atom is -0.497 e. The molecule has 2 aromatic rings. The average Bonchev–Trinajstić information content (AvgIpc) is 2.58. The van der Waals surface area contributed by atoms with Crippen LogP contribution in [0.15, 0.2) is 34.2 Å². The number of nitrogen functional groups attached to an aromatic ring is 1. The van der Waals surface area contributed by atoms with E-state index in [1.165, 1.54) is 11.8 Å². The molecule has 5 heteroatoms. The van der Waals surface area contributed by atoms with Gasteiger partial charge >= 0.3 is 0 Å². The molecule has 0 aliphatic carbocycles. The van der Waals surface area contributed by atoms with Gasteiger partial charge in [-0.1, -0.05) is 17.8 Å². The fourth-order valence-electron chi connectivity index (χ4n) is 1.34. The van der Waals surface area contributed by atoms with Gasteiger partial charge in [-0.3, -0.25) is 0 Å². The first-order valence-corrected chi connectivity index (χ1v) is 5.64. The zero-order chi connectivity index (χ0) is 11.5. The topological polar surface area (TPSA) is 63.9 Å². The summed E-state index contributed by atoms with van der Waals surface area (Å²) in [4.78, 5) is 8.33. The van der Waals surface area contributed by atoms with Crippen LogP contribution in [0.5, 0.6) is 5.75 Å². The summed E-state index contributed by atoms with van der Waals surface area (Å²) in [5.41, 5.74) is 5.79. The summed E-state index contributed by atoms with van der Waals surface area (Å²) in [6, 6.07) is 7.80. The summed E-state index contributed by atoms with van der Waals surface area (Å²) in [7, 11) is 1.65. The molecule has 0 saturated heterocycles. The first-order valence-electron chi connectivity index (χ1n) is 4.83. The summed E-state index contributed by atoms with van der Waals surface area (Å²) in [6.45, 7) is 1.88. The number of nitrogens with two attached hydrogens (primary N) is 1. The number of ether oxygens (including phenoxy) is 1. The number of benzene rings is 1. The number of nitrogens with one attached hydrogen (secondary N) is 1. The van der Waals surface area contributed by atoms with Crippen LogP contribution in [-0.4, -0.2) is 17.1 Å². The number of rotatable bonds is 3. The molecule has 0 spiro atoms. The van der Waals surface area contributed by atoms with E-state index in [0.717, 1.165) is 21.5 Å². The Morgan fingerprint density at radius 3 is 2.88 bits per heavy atom. The largest absolute Gasteiger partial charge is 0.497 e. The maximum absolute atomic E-state index is 5.79. The van der Waals surface area contributed by atoms with Gasteiger partial charge in [0.05, 0.1) is 7.11 Å². The quantitative estimate of drug-likeness (QED) is 0.857. The predicted octanol–water partition coefficient (Wildman–Crippen LogP) is 2.46. The molecule has 0 unspecified atom stereocenters. The maximum atomic E-state index is 5.79. The van der Waals surface area contributed by atoms with Gasteiger partial charge in [0, 0.05) is 4.90 Å². The molecule has 84 valence electrons. The molecule has 0 aliphatic heterocycles. The summed E-state index contributed by atoms with van der Waals surface area (Å²) >= 11 is 1.52. The number of anilines is 1. The lowest BCUT2D eigenvalue weighted by molar-refractivity contribution is 0.413. The molecule has 0 bridgehead atoms. The number of methoxy groups -OCH3 is 1. The second-order valence-electron chi connectivity index (χ2n) is 3.32. The van der Waals surface area contributed by atoms with Crippen LogP contribution >= 0.6 is 11.8 Å². The van der Waals surface area contributed by atoms with Crippen molar-refractivity contribution in [3.05, 3.63) is 30.1 Å². The lowest BCUT2D eigenvalue weighted by Gasteiger charge is -2.02. The van der Waals surface area contributed by atoms with E-state index in [4.69, 9.17) is 10.5 Å². The third-order valence-electron chi connectivity index (χ3n) is 2.07. The van der Waals surface area contributed by atoms with Crippen LogP contribution in [0.3, 0.4) is 0 Å². The smallest absolute Gasteiger partial charge is 0.143 e. The van der Waals surface area contributed by atoms with Crippen molar-refractivity contribution in [1.29, 1.82) is 0 Å². The summed E-state index contributed by atoms with van der Waals surface area (Å²) < 4.78 is 5.16. The Kier molecular flexibility index (Phi) is 3.05. The van der Waals surface area contributed by atoms with Crippen LogP contribution in [0.25, 0.3) is 0 Å². The van der Waals surface area contributed by atoms with E-state index in [1.54, 1.807) is 7.11 Å². The Hall–Kier alpha value is -1.62. The lowest BCUT2D eigenvalue weighted by Crippen LogP contribution is -1.87. The fraction of sp³-hybridized carbons (Fsp3) is 0.182. The van der Waals surface area contributed by atoms with Crippen molar-refractivity contribution in [1.82, 2.24) is 9.97 Å². The lowest BCUT2D eigenvalue weighted by atomic mass is 10.3. The van der Waals surface area contributed by atoms with Crippen LogP contribution in [-0.2, 0) is 0 Å².